The molecule has 7 nitrogen and oxygen atoms in total. The van der Waals surface area contributed by atoms with Crippen LogP contribution in [0, 0.1) is 0 Å². The van der Waals surface area contributed by atoms with Crippen molar-refractivity contribution in [3.05, 3.63) is 84.6 Å². The van der Waals surface area contributed by atoms with Gasteiger partial charge in [-0.3, -0.25) is 4.72 Å². The minimum atomic E-state index is -4.15. The van der Waals surface area contributed by atoms with E-state index in [0.29, 0.717) is 16.5 Å². The number of sulfone groups is 1. The maximum Gasteiger partial charge on any atom is 0.295 e. The summed E-state index contributed by atoms with van der Waals surface area (Å²) in [5.74, 6) is -0.301. The Morgan fingerprint density at radius 2 is 1.59 bits per heavy atom. The highest BCUT2D eigenvalue weighted by atomic mass is 32.2. The van der Waals surface area contributed by atoms with Crippen molar-refractivity contribution in [1.29, 1.82) is 0 Å². The van der Waals surface area contributed by atoms with Gasteiger partial charge in [-0.1, -0.05) is 48.5 Å². The summed E-state index contributed by atoms with van der Waals surface area (Å²) in [5.41, 5.74) is 0.851. The number of benzene rings is 2. The molecule has 0 fully saturated rings. The number of nitrogens with one attached hydrogen (secondary N) is 1. The summed E-state index contributed by atoms with van der Waals surface area (Å²) in [5, 5.41) is -0.0338. The number of pyridine rings is 1. The molecule has 4 rings (SSSR count). The van der Waals surface area contributed by atoms with Crippen molar-refractivity contribution in [3.63, 3.8) is 0 Å². The van der Waals surface area contributed by atoms with E-state index in [1.165, 1.54) is 24.4 Å². The number of fused-ring (bicyclic) bond motifs is 1. The summed E-state index contributed by atoms with van der Waals surface area (Å²) in [6.07, 6.45) is 1.30. The van der Waals surface area contributed by atoms with Crippen molar-refractivity contribution < 1.29 is 21.3 Å². The zero-order valence-corrected chi connectivity index (χ0v) is 16.7. The highest BCUT2D eigenvalue weighted by Crippen LogP contribution is 2.27. The van der Waals surface area contributed by atoms with Gasteiger partial charge >= 0.3 is 0 Å². The topological polar surface area (TPSA) is 106 Å². The van der Waals surface area contributed by atoms with Crippen LogP contribution in [0.5, 0.6) is 0 Å². The fourth-order valence-electron chi connectivity index (χ4n) is 2.86. The van der Waals surface area contributed by atoms with Gasteiger partial charge < -0.3 is 4.42 Å². The number of anilines is 1. The van der Waals surface area contributed by atoms with E-state index in [0.717, 1.165) is 0 Å². The van der Waals surface area contributed by atoms with Crippen LogP contribution in [0.2, 0.25) is 0 Å². The van der Waals surface area contributed by atoms with Crippen LogP contribution in [0.15, 0.2) is 93.5 Å². The number of nitrogens with zero attached hydrogens (tertiary/aromatic N) is 1. The zero-order valence-electron chi connectivity index (χ0n) is 15.0. The van der Waals surface area contributed by atoms with Crippen LogP contribution in [-0.2, 0) is 25.6 Å². The van der Waals surface area contributed by atoms with E-state index >= 15 is 0 Å². The largest absolute Gasteiger partial charge is 0.443 e. The normalized spacial score (nSPS) is 12.1. The Kier molecular flexibility index (Phi) is 4.85. The van der Waals surface area contributed by atoms with Gasteiger partial charge in [0.05, 0.1) is 11.4 Å². The molecular weight excluding hydrogens is 412 g/mol. The Morgan fingerprint density at radius 1 is 0.862 bits per heavy atom. The lowest BCUT2D eigenvalue weighted by atomic mass is 10.2. The predicted octanol–water partition coefficient (Wildman–Crippen LogP) is 3.60. The molecule has 0 atom stereocenters. The quantitative estimate of drug-likeness (QED) is 0.503. The highest BCUT2D eigenvalue weighted by Gasteiger charge is 2.26. The lowest BCUT2D eigenvalue weighted by Gasteiger charge is -2.11. The molecule has 0 aliphatic carbocycles. The van der Waals surface area contributed by atoms with Crippen LogP contribution in [-0.4, -0.2) is 21.8 Å². The molecule has 148 valence electrons. The average molecular weight is 428 g/mol. The molecule has 0 aliphatic rings. The van der Waals surface area contributed by atoms with Crippen LogP contribution >= 0.6 is 0 Å². The van der Waals surface area contributed by atoms with Gasteiger partial charge in [0.2, 0.25) is 14.9 Å². The summed E-state index contributed by atoms with van der Waals surface area (Å²) < 4.78 is 59.0. The van der Waals surface area contributed by atoms with Crippen LogP contribution in [0.3, 0.4) is 0 Å². The first-order chi connectivity index (χ1) is 13.9. The standard InChI is InChI=1S/C20H16N2O5S2/c23-28(24,14-15-7-2-1-3-8-15)20-17(10-6-12-21-20)22-29(25,26)19-13-16-9-4-5-11-18(16)27-19/h1-13,22H,14H2. The summed E-state index contributed by atoms with van der Waals surface area (Å²) in [6.45, 7) is 0. The molecule has 9 heteroatoms. The average Bonchev–Trinajstić information content (AvgIpc) is 3.14. The zero-order chi connectivity index (χ0) is 20.5. The molecule has 29 heavy (non-hydrogen) atoms. The molecule has 0 unspecified atom stereocenters. The molecule has 2 aromatic heterocycles. The Bertz CT molecular complexity index is 1350. The smallest absolute Gasteiger partial charge is 0.295 e. The van der Waals surface area contributed by atoms with E-state index in [1.54, 1.807) is 54.6 Å². The SMILES string of the molecule is O=S(=O)(Cc1ccccc1)c1ncccc1NS(=O)(=O)c1cc2ccccc2o1. The lowest BCUT2D eigenvalue weighted by molar-refractivity contribution is 0.484. The van der Waals surface area contributed by atoms with Crippen LogP contribution in [0.4, 0.5) is 5.69 Å². The van der Waals surface area contributed by atoms with E-state index in [4.69, 9.17) is 4.42 Å². The lowest BCUT2D eigenvalue weighted by Crippen LogP contribution is -2.16. The van der Waals surface area contributed by atoms with Gasteiger partial charge in [0, 0.05) is 17.6 Å². The fourth-order valence-corrected chi connectivity index (χ4v) is 5.41. The van der Waals surface area contributed by atoms with Crippen molar-refractivity contribution >= 4 is 36.5 Å². The molecule has 0 amide bonds. The number of rotatable bonds is 6. The first-order valence-corrected chi connectivity index (χ1v) is 11.7. The molecular formula is C20H16N2O5S2. The van der Waals surface area contributed by atoms with Crippen molar-refractivity contribution in [2.45, 2.75) is 15.9 Å². The maximum absolute atomic E-state index is 12.9. The molecule has 2 aromatic carbocycles. The second-order valence-corrected chi connectivity index (χ2v) is 9.83. The number of aromatic nitrogens is 1. The number of hydrogen-bond donors (Lipinski definition) is 1. The second kappa shape index (κ2) is 7.34. The fraction of sp³-hybridized carbons (Fsp3) is 0.0500. The van der Waals surface area contributed by atoms with Gasteiger partial charge in [-0.05, 0) is 23.8 Å². The summed E-state index contributed by atoms with van der Waals surface area (Å²) >= 11 is 0. The Morgan fingerprint density at radius 3 is 2.34 bits per heavy atom. The predicted molar refractivity (Wildman–Crippen MR) is 109 cm³/mol. The van der Waals surface area contributed by atoms with E-state index in [1.807, 2.05) is 0 Å². The first-order valence-electron chi connectivity index (χ1n) is 8.58. The third-order valence-electron chi connectivity index (χ3n) is 4.18. The summed E-state index contributed by atoms with van der Waals surface area (Å²) in [6, 6.07) is 19.6. The number of hydrogen-bond acceptors (Lipinski definition) is 6. The number of furan rings is 1. The van der Waals surface area contributed by atoms with E-state index in [9.17, 15) is 16.8 Å². The van der Waals surface area contributed by atoms with Crippen LogP contribution in [0.25, 0.3) is 11.0 Å². The van der Waals surface area contributed by atoms with Gasteiger partial charge in [0.25, 0.3) is 10.0 Å². The molecule has 0 saturated heterocycles. The molecule has 2 heterocycles. The van der Waals surface area contributed by atoms with E-state index < -0.39 is 19.9 Å². The molecule has 0 spiro atoms. The second-order valence-electron chi connectivity index (χ2n) is 6.31. The van der Waals surface area contributed by atoms with Gasteiger partial charge in [-0.2, -0.15) is 8.42 Å². The first kappa shape index (κ1) is 19.2. The molecule has 0 radical (unpaired) electrons. The van der Waals surface area contributed by atoms with Crippen molar-refractivity contribution in [2.24, 2.45) is 0 Å². The Balaban J connectivity index is 1.69. The van der Waals surface area contributed by atoms with Crippen LogP contribution in [0.1, 0.15) is 5.56 Å². The third-order valence-corrected chi connectivity index (χ3v) is 7.02. The number of sulfonamides is 1. The Hall–Kier alpha value is -3.17. The van der Waals surface area contributed by atoms with Crippen molar-refractivity contribution in [1.82, 2.24) is 4.98 Å². The van der Waals surface area contributed by atoms with E-state index in [-0.39, 0.29) is 21.6 Å². The van der Waals surface area contributed by atoms with E-state index in [2.05, 4.69) is 9.71 Å². The molecule has 0 aliphatic heterocycles. The summed E-state index contributed by atoms with van der Waals surface area (Å²) in [7, 11) is -8.04. The molecule has 0 bridgehead atoms. The van der Waals surface area contributed by atoms with Gasteiger partial charge in [-0.25, -0.2) is 13.4 Å². The van der Waals surface area contributed by atoms with Crippen molar-refractivity contribution in [3.8, 4) is 0 Å². The molecule has 0 saturated carbocycles. The van der Waals surface area contributed by atoms with Gasteiger partial charge in [0.15, 0.2) is 5.03 Å². The van der Waals surface area contributed by atoms with Crippen LogP contribution < -0.4 is 4.72 Å². The minimum Gasteiger partial charge on any atom is -0.443 e. The molecule has 1 N–H and O–H groups in total. The number of para-hydroxylation sites is 1. The minimum absolute atomic E-state index is 0.135. The molecule has 4 aromatic rings. The summed E-state index contributed by atoms with van der Waals surface area (Å²) in [4.78, 5) is 3.92. The van der Waals surface area contributed by atoms with Gasteiger partial charge in [0.1, 0.15) is 5.58 Å². The highest BCUT2D eigenvalue weighted by molar-refractivity contribution is 7.93. The Labute approximate surface area is 168 Å². The van der Waals surface area contributed by atoms with Gasteiger partial charge in [-0.15, -0.1) is 0 Å². The monoisotopic (exact) mass is 428 g/mol. The van der Waals surface area contributed by atoms with Crippen molar-refractivity contribution in [2.75, 3.05) is 4.72 Å². The third kappa shape index (κ3) is 4.01. The maximum atomic E-state index is 12.9.